The third-order valence-corrected chi connectivity index (χ3v) is 3.89. The third-order valence-electron chi connectivity index (χ3n) is 3.89. The zero-order valence-electron chi connectivity index (χ0n) is 19.8. The topological polar surface area (TPSA) is 108 Å². The van der Waals surface area contributed by atoms with Crippen LogP contribution in [0.15, 0.2) is 0 Å². The maximum absolute atomic E-state index is 11.6. The van der Waals surface area contributed by atoms with Gasteiger partial charge in [-0.3, -0.25) is 9.59 Å². The number of esters is 2. The number of ether oxygens (including phenoxy) is 8. The van der Waals surface area contributed by atoms with E-state index in [1.165, 1.54) is 0 Å². The Balaban J connectivity index is 3.29. The summed E-state index contributed by atoms with van der Waals surface area (Å²) in [4.78, 5) is 23.3. The third kappa shape index (κ3) is 25.0. The minimum absolute atomic E-state index is 0.206. The molecule has 0 N–H and O–H groups in total. The quantitative estimate of drug-likeness (QED) is 0.146. The second-order valence-corrected chi connectivity index (χ2v) is 6.49. The Morgan fingerprint density at radius 1 is 0.438 bits per heavy atom. The normalized spacial score (nSPS) is 10.9. The van der Waals surface area contributed by atoms with Crippen molar-refractivity contribution >= 4 is 11.9 Å². The van der Waals surface area contributed by atoms with E-state index in [0.717, 1.165) is 0 Å². The van der Waals surface area contributed by atoms with Gasteiger partial charge in [-0.2, -0.15) is 0 Å². The summed E-state index contributed by atoms with van der Waals surface area (Å²) in [6.07, 6.45) is 1.66. The van der Waals surface area contributed by atoms with Gasteiger partial charge >= 0.3 is 11.9 Å². The van der Waals surface area contributed by atoms with Crippen LogP contribution in [-0.4, -0.2) is 104 Å². The SMILES string of the molecule is CCOCCOCCOCCOC(=O)CCCCC(=O)OCCOCCOCCOCC. The summed E-state index contributed by atoms with van der Waals surface area (Å²) in [5.74, 6) is -0.599. The summed E-state index contributed by atoms with van der Waals surface area (Å²) in [6.45, 7) is 10.4. The predicted molar refractivity (Wildman–Crippen MR) is 117 cm³/mol. The molecule has 10 nitrogen and oxygen atoms in total. The summed E-state index contributed by atoms with van der Waals surface area (Å²) in [5.41, 5.74) is 0. The van der Waals surface area contributed by atoms with Crippen LogP contribution in [0, 0.1) is 0 Å². The van der Waals surface area contributed by atoms with Crippen molar-refractivity contribution in [2.24, 2.45) is 0 Å². The molecule has 0 aliphatic carbocycles. The molecule has 0 bridgehead atoms. The Bertz CT molecular complexity index is 382. The molecule has 32 heavy (non-hydrogen) atoms. The molecule has 0 radical (unpaired) electrons. The van der Waals surface area contributed by atoms with Crippen LogP contribution < -0.4 is 0 Å². The van der Waals surface area contributed by atoms with Gasteiger partial charge in [0.25, 0.3) is 0 Å². The Morgan fingerprint density at radius 3 is 1.03 bits per heavy atom. The van der Waals surface area contributed by atoms with E-state index in [4.69, 9.17) is 37.9 Å². The standard InChI is InChI=1S/C22H42O10/c1-3-25-9-11-27-13-15-29-17-19-31-21(23)7-5-6-8-22(24)32-20-18-30-16-14-28-12-10-26-4-2/h3-20H2,1-2H3. The zero-order chi connectivity index (χ0) is 23.5. The van der Waals surface area contributed by atoms with Crippen LogP contribution in [-0.2, 0) is 47.5 Å². The predicted octanol–water partition coefficient (Wildman–Crippen LogP) is 1.77. The van der Waals surface area contributed by atoms with Gasteiger partial charge in [0.05, 0.1) is 66.1 Å². The van der Waals surface area contributed by atoms with Crippen molar-refractivity contribution in [1.82, 2.24) is 0 Å². The summed E-state index contributed by atoms with van der Waals surface area (Å²) in [5, 5.41) is 0. The first kappa shape index (κ1) is 30.7. The Labute approximate surface area is 192 Å². The molecule has 0 amide bonds. The van der Waals surface area contributed by atoms with E-state index in [1.54, 1.807) is 0 Å². The molecule has 0 atom stereocenters. The molecule has 0 fully saturated rings. The van der Waals surface area contributed by atoms with Gasteiger partial charge in [-0.25, -0.2) is 0 Å². The molecule has 0 aliphatic heterocycles. The van der Waals surface area contributed by atoms with Gasteiger partial charge < -0.3 is 37.9 Å². The van der Waals surface area contributed by atoms with Gasteiger partial charge in [0.15, 0.2) is 0 Å². The molecule has 0 rings (SSSR count). The van der Waals surface area contributed by atoms with E-state index in [1.807, 2.05) is 13.8 Å². The maximum Gasteiger partial charge on any atom is 0.305 e. The molecular formula is C22H42O10. The lowest BCUT2D eigenvalue weighted by molar-refractivity contribution is -0.147. The zero-order valence-corrected chi connectivity index (χ0v) is 19.8. The fraction of sp³-hybridized carbons (Fsp3) is 0.909. The first-order valence-corrected chi connectivity index (χ1v) is 11.5. The van der Waals surface area contributed by atoms with Crippen LogP contribution >= 0.6 is 0 Å². The summed E-state index contributed by atoms with van der Waals surface area (Å²) in [7, 11) is 0. The average Bonchev–Trinajstić information content (AvgIpc) is 2.79. The molecule has 0 aromatic rings. The molecule has 0 aromatic heterocycles. The Hall–Kier alpha value is -1.30. The first-order chi connectivity index (χ1) is 15.7. The van der Waals surface area contributed by atoms with Crippen molar-refractivity contribution in [3.8, 4) is 0 Å². The second kappa shape index (κ2) is 26.0. The monoisotopic (exact) mass is 466 g/mol. The van der Waals surface area contributed by atoms with Crippen LogP contribution in [0.1, 0.15) is 39.5 Å². The largest absolute Gasteiger partial charge is 0.463 e. The minimum atomic E-state index is -0.299. The van der Waals surface area contributed by atoms with Crippen LogP contribution in [0.5, 0.6) is 0 Å². The van der Waals surface area contributed by atoms with Crippen molar-refractivity contribution in [1.29, 1.82) is 0 Å². The highest BCUT2D eigenvalue weighted by Crippen LogP contribution is 2.03. The summed E-state index contributed by atoms with van der Waals surface area (Å²) >= 11 is 0. The molecule has 190 valence electrons. The molecule has 0 aromatic carbocycles. The number of rotatable bonds is 25. The fourth-order valence-electron chi connectivity index (χ4n) is 2.28. The number of hydrogen-bond acceptors (Lipinski definition) is 10. The van der Waals surface area contributed by atoms with Crippen LogP contribution in [0.4, 0.5) is 0 Å². The van der Waals surface area contributed by atoms with E-state index >= 15 is 0 Å². The molecule has 0 saturated heterocycles. The van der Waals surface area contributed by atoms with Gasteiger partial charge in [0.2, 0.25) is 0 Å². The minimum Gasteiger partial charge on any atom is -0.463 e. The van der Waals surface area contributed by atoms with Crippen molar-refractivity contribution in [3.63, 3.8) is 0 Å². The molecule has 0 unspecified atom stereocenters. The van der Waals surface area contributed by atoms with Crippen molar-refractivity contribution in [3.05, 3.63) is 0 Å². The lowest BCUT2D eigenvalue weighted by Gasteiger charge is -2.08. The van der Waals surface area contributed by atoms with E-state index < -0.39 is 0 Å². The van der Waals surface area contributed by atoms with E-state index in [-0.39, 0.29) is 38.0 Å². The lowest BCUT2D eigenvalue weighted by atomic mass is 10.2. The van der Waals surface area contributed by atoms with Crippen LogP contribution in [0.2, 0.25) is 0 Å². The van der Waals surface area contributed by atoms with Crippen LogP contribution in [0.3, 0.4) is 0 Å². The van der Waals surface area contributed by atoms with E-state index in [0.29, 0.717) is 92.1 Å². The highest BCUT2D eigenvalue weighted by atomic mass is 16.6. The van der Waals surface area contributed by atoms with Crippen molar-refractivity contribution in [2.45, 2.75) is 39.5 Å². The smallest absolute Gasteiger partial charge is 0.305 e. The van der Waals surface area contributed by atoms with E-state index in [2.05, 4.69) is 0 Å². The number of carbonyl (C=O) groups is 2. The Kier molecular flexibility index (Phi) is 24.9. The maximum atomic E-state index is 11.6. The van der Waals surface area contributed by atoms with Gasteiger partial charge in [0.1, 0.15) is 13.2 Å². The summed E-state index contributed by atoms with van der Waals surface area (Å²) < 4.78 is 41.6. The molecule has 0 aliphatic rings. The lowest BCUT2D eigenvalue weighted by Crippen LogP contribution is -2.14. The van der Waals surface area contributed by atoms with Gasteiger partial charge in [-0.05, 0) is 26.7 Å². The number of unbranched alkanes of at least 4 members (excludes halogenated alkanes) is 1. The van der Waals surface area contributed by atoms with E-state index in [9.17, 15) is 9.59 Å². The highest BCUT2D eigenvalue weighted by molar-refractivity contribution is 5.70. The van der Waals surface area contributed by atoms with Crippen molar-refractivity contribution in [2.75, 3.05) is 92.5 Å². The van der Waals surface area contributed by atoms with Gasteiger partial charge in [-0.1, -0.05) is 0 Å². The van der Waals surface area contributed by atoms with Gasteiger partial charge in [0, 0.05) is 26.1 Å². The molecule has 0 saturated carbocycles. The molecule has 10 heteroatoms. The Morgan fingerprint density at radius 2 is 0.719 bits per heavy atom. The average molecular weight is 467 g/mol. The molecule has 0 heterocycles. The number of hydrogen-bond donors (Lipinski definition) is 0. The van der Waals surface area contributed by atoms with Crippen molar-refractivity contribution < 1.29 is 47.5 Å². The molecule has 0 spiro atoms. The highest BCUT2D eigenvalue weighted by Gasteiger charge is 2.06. The molecular weight excluding hydrogens is 424 g/mol. The summed E-state index contributed by atoms with van der Waals surface area (Å²) in [6, 6.07) is 0. The second-order valence-electron chi connectivity index (χ2n) is 6.49. The fourth-order valence-corrected chi connectivity index (χ4v) is 2.28. The van der Waals surface area contributed by atoms with Gasteiger partial charge in [-0.15, -0.1) is 0 Å². The first-order valence-electron chi connectivity index (χ1n) is 11.5. The van der Waals surface area contributed by atoms with Crippen LogP contribution in [0.25, 0.3) is 0 Å². The number of carbonyl (C=O) groups excluding carboxylic acids is 2.